The van der Waals surface area contributed by atoms with E-state index in [1.165, 1.54) is 15.9 Å². The van der Waals surface area contributed by atoms with Crippen molar-refractivity contribution in [2.24, 2.45) is 4.99 Å². The first kappa shape index (κ1) is 25.7. The number of amides is 1. The van der Waals surface area contributed by atoms with Crippen LogP contribution in [0.1, 0.15) is 37.9 Å². The van der Waals surface area contributed by atoms with E-state index in [4.69, 9.17) is 4.74 Å². The predicted octanol–water partition coefficient (Wildman–Crippen LogP) is 4.02. The highest BCUT2D eigenvalue weighted by Gasteiger charge is 2.36. The maximum atomic E-state index is 14.1. The predicted molar refractivity (Wildman–Crippen MR) is 150 cm³/mol. The number of benzene rings is 2. The molecule has 2 aliphatic rings. The molecule has 7 nitrogen and oxygen atoms in total. The Labute approximate surface area is 230 Å². The third kappa shape index (κ3) is 4.30. The van der Waals surface area contributed by atoms with E-state index >= 15 is 0 Å². The van der Waals surface area contributed by atoms with Crippen LogP contribution in [0.5, 0.6) is 0 Å². The highest BCUT2D eigenvalue weighted by Crippen LogP contribution is 2.36. The number of carbonyl (C=O) groups excluding carboxylic acids is 2. The first-order valence-corrected chi connectivity index (χ1v) is 14.4. The minimum atomic E-state index is -0.732. The zero-order valence-electron chi connectivity index (χ0n) is 20.9. The SMILES string of the molecule is CSc1ccc([C@@H]2C(C(=O)OC(C)C)=C(C)N=c3s/c(=C4/C(=O)N(C)c5ccc(Br)cc54)c(=O)n32)cc1. The van der Waals surface area contributed by atoms with Crippen LogP contribution in [0, 0.1) is 0 Å². The summed E-state index contributed by atoms with van der Waals surface area (Å²) in [6.07, 6.45) is 1.65. The summed E-state index contributed by atoms with van der Waals surface area (Å²) in [4.78, 5) is 48.4. The van der Waals surface area contributed by atoms with Gasteiger partial charge in [-0.1, -0.05) is 39.4 Å². The van der Waals surface area contributed by atoms with Crippen LogP contribution in [0.4, 0.5) is 5.69 Å². The standard InChI is InChI=1S/C27H24BrN3O4S2/c1-13(2)35-26(34)20-14(3)29-27-31(22(20)15-6-9-17(36-5)10-7-15)25(33)23(37-27)21-18-12-16(28)8-11-19(18)30(4)24(21)32/h6-13,22H,1-5H3/b23-21+/t22-/m1/s1. The van der Waals surface area contributed by atoms with Gasteiger partial charge in [-0.15, -0.1) is 11.8 Å². The van der Waals surface area contributed by atoms with Gasteiger partial charge in [-0.25, -0.2) is 9.79 Å². The van der Waals surface area contributed by atoms with Crippen molar-refractivity contribution in [3.8, 4) is 0 Å². The Balaban J connectivity index is 1.81. The second-order valence-corrected chi connectivity index (χ2v) is 11.8. The number of hydrogen-bond donors (Lipinski definition) is 0. The molecule has 0 unspecified atom stereocenters. The molecule has 3 heterocycles. The van der Waals surface area contributed by atoms with Crippen LogP contribution in [0.15, 0.2) is 72.9 Å². The molecule has 5 rings (SSSR count). The molecule has 0 radical (unpaired) electrons. The van der Waals surface area contributed by atoms with Crippen molar-refractivity contribution in [2.75, 3.05) is 18.2 Å². The number of aromatic nitrogens is 1. The number of anilines is 1. The minimum absolute atomic E-state index is 0.255. The van der Waals surface area contributed by atoms with E-state index < -0.39 is 12.0 Å². The molecular weight excluding hydrogens is 574 g/mol. The number of halogens is 1. The number of likely N-dealkylation sites (N-methyl/N-ethyl adjacent to an activating group) is 1. The summed E-state index contributed by atoms with van der Waals surface area (Å²) in [5, 5.41) is 0. The van der Waals surface area contributed by atoms with E-state index in [9.17, 15) is 14.4 Å². The van der Waals surface area contributed by atoms with Crippen molar-refractivity contribution in [1.82, 2.24) is 4.57 Å². The number of fused-ring (bicyclic) bond motifs is 2. The van der Waals surface area contributed by atoms with Crippen molar-refractivity contribution in [1.29, 1.82) is 0 Å². The normalized spacial score (nSPS) is 18.2. The van der Waals surface area contributed by atoms with Crippen molar-refractivity contribution in [3.05, 3.63) is 89.0 Å². The Morgan fingerprint density at radius 1 is 1.16 bits per heavy atom. The summed E-state index contributed by atoms with van der Waals surface area (Å²) < 4.78 is 8.19. The number of thioether (sulfide) groups is 1. The fourth-order valence-corrected chi connectivity index (χ4v) is 6.53. The van der Waals surface area contributed by atoms with E-state index in [1.54, 1.807) is 44.5 Å². The second kappa shape index (κ2) is 9.74. The molecule has 3 aromatic rings. The molecule has 1 aromatic heterocycles. The molecule has 0 saturated carbocycles. The van der Waals surface area contributed by atoms with Gasteiger partial charge in [0, 0.05) is 22.0 Å². The third-order valence-electron chi connectivity index (χ3n) is 6.33. The molecule has 1 amide bonds. The molecule has 0 spiro atoms. The molecule has 1 atom stereocenters. The van der Waals surface area contributed by atoms with Gasteiger partial charge in [0.15, 0.2) is 4.80 Å². The van der Waals surface area contributed by atoms with Crippen LogP contribution in [-0.4, -0.2) is 35.9 Å². The van der Waals surface area contributed by atoms with E-state index in [2.05, 4.69) is 20.9 Å². The Hall–Kier alpha value is -2.95. The minimum Gasteiger partial charge on any atom is -0.459 e. The van der Waals surface area contributed by atoms with Crippen molar-refractivity contribution in [2.45, 2.75) is 37.8 Å². The molecule has 0 aliphatic carbocycles. The molecule has 0 saturated heterocycles. The zero-order chi connectivity index (χ0) is 26.6. The summed E-state index contributed by atoms with van der Waals surface area (Å²) in [7, 11) is 1.69. The summed E-state index contributed by atoms with van der Waals surface area (Å²) in [6, 6.07) is 12.6. The van der Waals surface area contributed by atoms with Gasteiger partial charge in [-0.05, 0) is 62.9 Å². The number of allylic oxidation sites excluding steroid dienone is 1. The van der Waals surface area contributed by atoms with E-state index in [-0.39, 0.29) is 17.6 Å². The van der Waals surface area contributed by atoms with E-state index in [0.29, 0.717) is 31.7 Å². The molecule has 2 aliphatic heterocycles. The first-order valence-electron chi connectivity index (χ1n) is 11.6. The number of thiazole rings is 1. The molecule has 2 aromatic carbocycles. The van der Waals surface area contributed by atoms with Gasteiger partial charge in [0.1, 0.15) is 4.53 Å². The van der Waals surface area contributed by atoms with Crippen molar-refractivity contribution < 1.29 is 14.3 Å². The molecule has 0 bridgehead atoms. The highest BCUT2D eigenvalue weighted by molar-refractivity contribution is 9.10. The zero-order valence-corrected chi connectivity index (χ0v) is 24.1. The van der Waals surface area contributed by atoms with Gasteiger partial charge in [0.2, 0.25) is 0 Å². The lowest BCUT2D eigenvalue weighted by atomic mass is 9.96. The summed E-state index contributed by atoms with van der Waals surface area (Å²) >= 11 is 6.25. The molecule has 0 fully saturated rings. The molecule has 190 valence electrons. The van der Waals surface area contributed by atoms with Gasteiger partial charge in [-0.2, -0.15) is 0 Å². The monoisotopic (exact) mass is 597 g/mol. The van der Waals surface area contributed by atoms with E-state index in [1.807, 2.05) is 48.7 Å². The topological polar surface area (TPSA) is 81.0 Å². The summed E-state index contributed by atoms with van der Waals surface area (Å²) in [5.74, 6) is -0.770. The van der Waals surface area contributed by atoms with Gasteiger partial charge in [0.05, 0.1) is 34.7 Å². The average molecular weight is 599 g/mol. The number of esters is 1. The van der Waals surface area contributed by atoms with Crippen LogP contribution in [0.25, 0.3) is 5.57 Å². The average Bonchev–Trinajstić information content (AvgIpc) is 3.29. The van der Waals surface area contributed by atoms with E-state index in [0.717, 1.165) is 20.6 Å². The van der Waals surface area contributed by atoms with Crippen LogP contribution in [-0.2, 0) is 14.3 Å². The largest absolute Gasteiger partial charge is 0.459 e. The Morgan fingerprint density at radius 3 is 2.51 bits per heavy atom. The van der Waals surface area contributed by atoms with Crippen LogP contribution < -0.4 is 19.8 Å². The number of rotatable bonds is 4. The van der Waals surface area contributed by atoms with Crippen molar-refractivity contribution in [3.63, 3.8) is 0 Å². The molecule has 10 heteroatoms. The lowest BCUT2D eigenvalue weighted by Gasteiger charge is -2.25. The lowest BCUT2D eigenvalue weighted by molar-refractivity contribution is -0.143. The smallest absolute Gasteiger partial charge is 0.338 e. The third-order valence-corrected chi connectivity index (χ3v) is 8.62. The summed E-state index contributed by atoms with van der Waals surface area (Å²) in [5.41, 5.74) is 2.95. The fraction of sp³-hybridized carbons (Fsp3) is 0.259. The fourth-order valence-electron chi connectivity index (χ4n) is 4.62. The molecule has 0 N–H and O–H groups in total. The Bertz CT molecular complexity index is 1670. The number of ether oxygens (including phenoxy) is 1. The Kier molecular flexibility index (Phi) is 6.76. The molecular formula is C27H24BrN3O4S2. The maximum Gasteiger partial charge on any atom is 0.338 e. The molecule has 37 heavy (non-hydrogen) atoms. The van der Waals surface area contributed by atoms with Gasteiger partial charge >= 0.3 is 5.97 Å². The van der Waals surface area contributed by atoms with Crippen molar-refractivity contribution >= 4 is 62.2 Å². The van der Waals surface area contributed by atoms with Gasteiger partial charge < -0.3 is 9.64 Å². The Morgan fingerprint density at radius 2 is 1.86 bits per heavy atom. The second-order valence-electron chi connectivity index (χ2n) is 9.03. The first-order chi connectivity index (χ1) is 17.6. The van der Waals surface area contributed by atoms with Crippen LogP contribution >= 0.6 is 39.0 Å². The number of nitrogens with zero attached hydrogens (tertiary/aromatic N) is 3. The van der Waals surface area contributed by atoms with Crippen LogP contribution in [0.3, 0.4) is 0 Å². The maximum absolute atomic E-state index is 14.1. The number of carbonyl (C=O) groups is 2. The van der Waals surface area contributed by atoms with Gasteiger partial charge in [0.25, 0.3) is 11.5 Å². The number of hydrogen-bond acceptors (Lipinski definition) is 7. The quantitative estimate of drug-likeness (QED) is 0.335. The lowest BCUT2D eigenvalue weighted by Crippen LogP contribution is -2.41. The van der Waals surface area contributed by atoms with Gasteiger partial charge in [-0.3, -0.25) is 14.2 Å². The van der Waals surface area contributed by atoms with Crippen LogP contribution in [0.2, 0.25) is 0 Å². The summed E-state index contributed by atoms with van der Waals surface area (Å²) in [6.45, 7) is 5.32. The highest BCUT2D eigenvalue weighted by atomic mass is 79.9.